The molecule has 1 atom stereocenters. The van der Waals surface area contributed by atoms with Crippen molar-refractivity contribution in [1.29, 1.82) is 0 Å². The minimum Gasteiger partial charge on any atom is -0.321 e. The fourth-order valence-electron chi connectivity index (χ4n) is 3.32. The second-order valence-corrected chi connectivity index (χ2v) is 6.27. The maximum atomic E-state index is 6.65. The Balaban J connectivity index is 2.09. The van der Waals surface area contributed by atoms with Gasteiger partial charge in [-0.25, -0.2) is 0 Å². The number of benzene rings is 1. The molecule has 2 N–H and O–H groups in total. The average molecular weight is 245 g/mol. The van der Waals surface area contributed by atoms with E-state index in [1.54, 1.807) is 0 Å². The van der Waals surface area contributed by atoms with E-state index in [0.717, 1.165) is 5.92 Å². The van der Waals surface area contributed by atoms with E-state index in [-0.39, 0.29) is 5.54 Å². The summed E-state index contributed by atoms with van der Waals surface area (Å²) in [5.74, 6) is 1.58. The highest BCUT2D eigenvalue weighted by molar-refractivity contribution is 5.28. The minimum atomic E-state index is -0.160. The molecule has 0 spiro atoms. The van der Waals surface area contributed by atoms with Crippen molar-refractivity contribution in [2.75, 3.05) is 0 Å². The number of nitrogens with two attached hydrogens (primary N) is 1. The molecule has 100 valence electrons. The molecule has 1 aliphatic carbocycles. The van der Waals surface area contributed by atoms with Gasteiger partial charge in [-0.15, -0.1) is 0 Å². The van der Waals surface area contributed by atoms with Crippen LogP contribution in [0.5, 0.6) is 0 Å². The minimum absolute atomic E-state index is 0.160. The zero-order valence-electron chi connectivity index (χ0n) is 12.1. The van der Waals surface area contributed by atoms with Gasteiger partial charge in [0, 0.05) is 5.54 Å². The van der Waals surface area contributed by atoms with Crippen LogP contribution in [-0.4, -0.2) is 0 Å². The SMILES string of the molecule is CCC1CCC(C(C)(N)c2ccc(C)cc2)CC1. The van der Waals surface area contributed by atoms with Crippen LogP contribution in [0, 0.1) is 18.8 Å². The van der Waals surface area contributed by atoms with Crippen LogP contribution >= 0.6 is 0 Å². The third-order valence-corrected chi connectivity index (χ3v) is 4.95. The van der Waals surface area contributed by atoms with Gasteiger partial charge in [0.25, 0.3) is 0 Å². The number of hydrogen-bond acceptors (Lipinski definition) is 1. The van der Waals surface area contributed by atoms with Crippen LogP contribution in [0.15, 0.2) is 24.3 Å². The molecule has 1 aromatic rings. The molecular formula is C17H27N. The van der Waals surface area contributed by atoms with E-state index in [1.165, 1.54) is 43.2 Å². The topological polar surface area (TPSA) is 26.0 Å². The Morgan fingerprint density at radius 2 is 1.67 bits per heavy atom. The van der Waals surface area contributed by atoms with Crippen molar-refractivity contribution in [1.82, 2.24) is 0 Å². The van der Waals surface area contributed by atoms with E-state index in [1.807, 2.05) is 0 Å². The van der Waals surface area contributed by atoms with Gasteiger partial charge in [-0.2, -0.15) is 0 Å². The zero-order chi connectivity index (χ0) is 13.2. The molecule has 1 heteroatoms. The zero-order valence-corrected chi connectivity index (χ0v) is 12.1. The second kappa shape index (κ2) is 5.44. The van der Waals surface area contributed by atoms with E-state index < -0.39 is 0 Å². The summed E-state index contributed by atoms with van der Waals surface area (Å²) >= 11 is 0. The summed E-state index contributed by atoms with van der Waals surface area (Å²) in [6, 6.07) is 8.78. The monoisotopic (exact) mass is 245 g/mol. The normalized spacial score (nSPS) is 27.8. The average Bonchev–Trinajstić information content (AvgIpc) is 2.39. The van der Waals surface area contributed by atoms with Crippen LogP contribution in [-0.2, 0) is 5.54 Å². The van der Waals surface area contributed by atoms with Gasteiger partial charge in [0.15, 0.2) is 0 Å². The molecule has 0 aliphatic heterocycles. The van der Waals surface area contributed by atoms with Crippen LogP contribution in [0.4, 0.5) is 0 Å². The van der Waals surface area contributed by atoms with Crippen molar-refractivity contribution in [2.45, 2.75) is 58.4 Å². The Labute approximate surface area is 112 Å². The molecule has 0 amide bonds. The van der Waals surface area contributed by atoms with Gasteiger partial charge in [0.1, 0.15) is 0 Å². The Morgan fingerprint density at radius 1 is 1.11 bits per heavy atom. The molecule has 1 aromatic carbocycles. The third-order valence-electron chi connectivity index (χ3n) is 4.95. The summed E-state index contributed by atoms with van der Waals surface area (Å²) in [6.45, 7) is 6.66. The summed E-state index contributed by atoms with van der Waals surface area (Å²) in [6.07, 6.45) is 6.64. The largest absolute Gasteiger partial charge is 0.321 e. The highest BCUT2D eigenvalue weighted by Gasteiger charge is 2.34. The molecule has 1 unspecified atom stereocenters. The third kappa shape index (κ3) is 2.77. The van der Waals surface area contributed by atoms with Crippen molar-refractivity contribution in [3.05, 3.63) is 35.4 Å². The maximum Gasteiger partial charge on any atom is 0.0409 e. The van der Waals surface area contributed by atoms with Crippen LogP contribution in [0.3, 0.4) is 0 Å². The van der Waals surface area contributed by atoms with Crippen LogP contribution in [0.25, 0.3) is 0 Å². The molecule has 0 heterocycles. The fourth-order valence-corrected chi connectivity index (χ4v) is 3.32. The standard InChI is InChI=1S/C17H27N/c1-4-14-7-11-16(12-8-14)17(3,18)15-9-5-13(2)6-10-15/h5-6,9-10,14,16H,4,7-8,11-12,18H2,1-3H3. The Morgan fingerprint density at radius 3 is 2.17 bits per heavy atom. The van der Waals surface area contributed by atoms with Crippen LogP contribution in [0.2, 0.25) is 0 Å². The predicted molar refractivity (Wildman–Crippen MR) is 78.5 cm³/mol. The first-order chi connectivity index (χ1) is 8.54. The number of hydrogen-bond donors (Lipinski definition) is 1. The summed E-state index contributed by atoms with van der Waals surface area (Å²) in [4.78, 5) is 0. The van der Waals surface area contributed by atoms with Crippen molar-refractivity contribution in [3.63, 3.8) is 0 Å². The van der Waals surface area contributed by atoms with E-state index >= 15 is 0 Å². The fraction of sp³-hybridized carbons (Fsp3) is 0.647. The predicted octanol–water partition coefficient (Wildman–Crippen LogP) is 4.39. The van der Waals surface area contributed by atoms with Crippen molar-refractivity contribution in [3.8, 4) is 0 Å². The van der Waals surface area contributed by atoms with Crippen molar-refractivity contribution in [2.24, 2.45) is 17.6 Å². The summed E-state index contributed by atoms with van der Waals surface area (Å²) in [5, 5.41) is 0. The van der Waals surface area contributed by atoms with Gasteiger partial charge in [-0.3, -0.25) is 0 Å². The quantitative estimate of drug-likeness (QED) is 0.840. The Bertz CT molecular complexity index is 369. The van der Waals surface area contributed by atoms with Gasteiger partial charge in [-0.1, -0.05) is 56.0 Å². The first-order valence-electron chi connectivity index (χ1n) is 7.40. The van der Waals surface area contributed by atoms with Gasteiger partial charge in [-0.05, 0) is 44.1 Å². The van der Waals surface area contributed by atoms with E-state index in [0.29, 0.717) is 5.92 Å². The van der Waals surface area contributed by atoms with Crippen molar-refractivity contribution < 1.29 is 0 Å². The molecular weight excluding hydrogens is 218 g/mol. The smallest absolute Gasteiger partial charge is 0.0409 e. The molecule has 0 radical (unpaired) electrons. The molecule has 1 nitrogen and oxygen atoms in total. The number of rotatable bonds is 3. The Kier molecular flexibility index (Phi) is 4.11. The molecule has 1 saturated carbocycles. The van der Waals surface area contributed by atoms with Gasteiger partial charge in [0.2, 0.25) is 0 Å². The Hall–Kier alpha value is -0.820. The molecule has 1 aliphatic rings. The van der Waals surface area contributed by atoms with Gasteiger partial charge < -0.3 is 5.73 Å². The van der Waals surface area contributed by atoms with Gasteiger partial charge in [0.05, 0.1) is 0 Å². The van der Waals surface area contributed by atoms with E-state index in [2.05, 4.69) is 45.0 Å². The first kappa shape index (κ1) is 13.6. The highest BCUT2D eigenvalue weighted by atomic mass is 14.7. The molecule has 2 rings (SSSR count). The molecule has 0 saturated heterocycles. The van der Waals surface area contributed by atoms with Crippen LogP contribution in [0.1, 0.15) is 57.1 Å². The lowest BCUT2D eigenvalue weighted by Crippen LogP contribution is -2.42. The molecule has 1 fully saturated rings. The second-order valence-electron chi connectivity index (χ2n) is 6.27. The maximum absolute atomic E-state index is 6.65. The molecule has 0 bridgehead atoms. The lowest BCUT2D eigenvalue weighted by Gasteiger charge is -2.39. The van der Waals surface area contributed by atoms with Gasteiger partial charge >= 0.3 is 0 Å². The summed E-state index contributed by atoms with van der Waals surface area (Å²) < 4.78 is 0. The van der Waals surface area contributed by atoms with Crippen molar-refractivity contribution >= 4 is 0 Å². The summed E-state index contributed by atoms with van der Waals surface area (Å²) in [7, 11) is 0. The van der Waals surface area contributed by atoms with E-state index in [9.17, 15) is 0 Å². The van der Waals surface area contributed by atoms with Crippen LogP contribution < -0.4 is 5.73 Å². The first-order valence-corrected chi connectivity index (χ1v) is 7.40. The van der Waals surface area contributed by atoms with E-state index in [4.69, 9.17) is 5.73 Å². The molecule has 18 heavy (non-hydrogen) atoms. The lowest BCUT2D eigenvalue weighted by atomic mass is 9.70. The molecule has 0 aromatic heterocycles. The lowest BCUT2D eigenvalue weighted by molar-refractivity contribution is 0.183. The number of aryl methyl sites for hydroxylation is 1. The summed E-state index contributed by atoms with van der Waals surface area (Å²) in [5.41, 5.74) is 9.10. The highest BCUT2D eigenvalue weighted by Crippen LogP contribution is 2.40.